The van der Waals surface area contributed by atoms with Gasteiger partial charge in [0.2, 0.25) is 5.78 Å². The number of ketones is 1. The number of nitrogens with one attached hydrogen (secondary N) is 1. The lowest BCUT2D eigenvalue weighted by Crippen LogP contribution is -2.15. The Kier molecular flexibility index (Phi) is 4.42. The third kappa shape index (κ3) is 3.18. The molecule has 7 heteroatoms. The molecule has 104 valence electrons. The third-order valence-electron chi connectivity index (χ3n) is 2.46. The normalized spacial score (nSPS) is 10.3. The Morgan fingerprint density at radius 1 is 1.25 bits per heavy atom. The molecule has 0 saturated carbocycles. The molecule has 2 aromatic rings. The highest BCUT2D eigenvalue weighted by Gasteiger charge is 2.17. The van der Waals surface area contributed by atoms with Crippen LogP contribution in [0.4, 0.5) is 4.39 Å². The number of benzene rings is 1. The first-order chi connectivity index (χ1) is 9.49. The molecule has 1 aromatic carbocycles. The van der Waals surface area contributed by atoms with Crippen LogP contribution in [-0.2, 0) is 4.74 Å². The summed E-state index contributed by atoms with van der Waals surface area (Å²) in [5.41, 5.74) is 0.124. The fourth-order valence-corrected chi connectivity index (χ4v) is 1.93. The van der Waals surface area contributed by atoms with Gasteiger partial charge in [-0.1, -0.05) is 23.2 Å². The SMILES string of the molecule is O=C(COC(=O)c1cc(F)c(Cl)cc1Cl)c1ccc[nH]1. The number of aromatic nitrogens is 1. The second-order valence-corrected chi connectivity index (χ2v) is 4.64. The highest BCUT2D eigenvalue weighted by atomic mass is 35.5. The zero-order valence-electron chi connectivity index (χ0n) is 9.95. The minimum Gasteiger partial charge on any atom is -0.454 e. The van der Waals surface area contributed by atoms with Crippen LogP contribution in [0.1, 0.15) is 20.8 Å². The number of Topliss-reactive ketones (excluding diaryl/α,β-unsaturated/α-hetero) is 1. The van der Waals surface area contributed by atoms with Gasteiger partial charge in [-0.15, -0.1) is 0 Å². The number of esters is 1. The number of halogens is 3. The molecule has 1 aromatic heterocycles. The predicted octanol–water partition coefficient (Wildman–Crippen LogP) is 3.50. The summed E-state index contributed by atoms with van der Waals surface area (Å²) in [6.45, 7) is -0.472. The lowest BCUT2D eigenvalue weighted by atomic mass is 10.2. The summed E-state index contributed by atoms with van der Waals surface area (Å²) >= 11 is 11.3. The zero-order chi connectivity index (χ0) is 14.7. The maximum absolute atomic E-state index is 13.3. The van der Waals surface area contributed by atoms with Gasteiger partial charge in [0.1, 0.15) is 5.82 Å². The summed E-state index contributed by atoms with van der Waals surface area (Å²) in [4.78, 5) is 26.0. The van der Waals surface area contributed by atoms with E-state index in [9.17, 15) is 14.0 Å². The molecule has 1 heterocycles. The Balaban J connectivity index is 2.06. The Bertz CT molecular complexity index is 656. The highest BCUT2D eigenvalue weighted by Crippen LogP contribution is 2.24. The lowest BCUT2D eigenvalue weighted by molar-refractivity contribution is 0.0473. The standard InChI is InChI=1S/C13H8Cl2FNO3/c14-8-5-9(15)10(16)4-7(8)13(19)20-6-12(18)11-2-1-3-17-11/h1-5,17H,6H2. The first kappa shape index (κ1) is 14.6. The number of carbonyl (C=O) groups is 2. The molecule has 0 atom stereocenters. The summed E-state index contributed by atoms with van der Waals surface area (Å²) in [5, 5.41) is -0.247. The molecule has 0 aliphatic rings. The van der Waals surface area contributed by atoms with E-state index in [1.165, 1.54) is 0 Å². The van der Waals surface area contributed by atoms with Crippen molar-refractivity contribution in [2.45, 2.75) is 0 Å². The molecular weight excluding hydrogens is 308 g/mol. The van der Waals surface area contributed by atoms with Crippen molar-refractivity contribution in [1.82, 2.24) is 4.98 Å². The van der Waals surface area contributed by atoms with E-state index < -0.39 is 24.2 Å². The van der Waals surface area contributed by atoms with E-state index in [2.05, 4.69) is 4.98 Å². The number of ether oxygens (including phenoxy) is 1. The van der Waals surface area contributed by atoms with Gasteiger partial charge < -0.3 is 9.72 Å². The molecule has 0 saturated heterocycles. The summed E-state index contributed by atoms with van der Waals surface area (Å²) < 4.78 is 18.1. The summed E-state index contributed by atoms with van der Waals surface area (Å²) in [6, 6.07) is 5.15. The molecule has 1 N–H and O–H groups in total. The van der Waals surface area contributed by atoms with Crippen molar-refractivity contribution in [3.05, 3.63) is 57.6 Å². The van der Waals surface area contributed by atoms with Crippen LogP contribution >= 0.6 is 23.2 Å². The highest BCUT2D eigenvalue weighted by molar-refractivity contribution is 6.36. The number of carbonyl (C=O) groups excluding carboxylic acids is 2. The smallest absolute Gasteiger partial charge is 0.340 e. The van der Waals surface area contributed by atoms with E-state index in [0.29, 0.717) is 5.69 Å². The number of aromatic amines is 1. The molecule has 0 bridgehead atoms. The fraction of sp³-hybridized carbons (Fsp3) is 0.0769. The monoisotopic (exact) mass is 315 g/mol. The average molecular weight is 316 g/mol. The van der Waals surface area contributed by atoms with E-state index in [1.54, 1.807) is 18.3 Å². The van der Waals surface area contributed by atoms with Crippen LogP contribution in [0.15, 0.2) is 30.5 Å². The minimum absolute atomic E-state index is 0.0475. The average Bonchev–Trinajstić information content (AvgIpc) is 2.94. The van der Waals surface area contributed by atoms with Gasteiger partial charge in [-0.25, -0.2) is 9.18 Å². The quantitative estimate of drug-likeness (QED) is 0.533. The Hall–Kier alpha value is -1.85. The van der Waals surface area contributed by atoms with E-state index in [-0.39, 0.29) is 15.6 Å². The van der Waals surface area contributed by atoms with Crippen molar-refractivity contribution in [1.29, 1.82) is 0 Å². The third-order valence-corrected chi connectivity index (χ3v) is 3.06. The van der Waals surface area contributed by atoms with Crippen LogP contribution in [0.2, 0.25) is 10.0 Å². The van der Waals surface area contributed by atoms with E-state index in [4.69, 9.17) is 27.9 Å². The minimum atomic E-state index is -0.898. The summed E-state index contributed by atoms with van der Waals surface area (Å²) in [7, 11) is 0. The topological polar surface area (TPSA) is 59.2 Å². The maximum Gasteiger partial charge on any atom is 0.340 e. The van der Waals surface area contributed by atoms with Crippen molar-refractivity contribution in [2.24, 2.45) is 0 Å². The number of H-pyrrole nitrogens is 1. The molecular formula is C13H8Cl2FNO3. The van der Waals surface area contributed by atoms with Gasteiger partial charge in [0.15, 0.2) is 6.61 Å². The van der Waals surface area contributed by atoms with Crippen LogP contribution in [0.25, 0.3) is 0 Å². The summed E-state index contributed by atoms with van der Waals surface area (Å²) in [6.07, 6.45) is 1.57. The van der Waals surface area contributed by atoms with Gasteiger partial charge in [0.25, 0.3) is 0 Å². The van der Waals surface area contributed by atoms with E-state index >= 15 is 0 Å². The zero-order valence-corrected chi connectivity index (χ0v) is 11.5. The van der Waals surface area contributed by atoms with Crippen molar-refractivity contribution >= 4 is 35.0 Å². The molecule has 0 unspecified atom stereocenters. The van der Waals surface area contributed by atoms with Crippen molar-refractivity contribution < 1.29 is 18.7 Å². The first-order valence-electron chi connectivity index (χ1n) is 5.47. The van der Waals surface area contributed by atoms with E-state index in [0.717, 1.165) is 12.1 Å². The van der Waals surface area contributed by atoms with Crippen molar-refractivity contribution in [2.75, 3.05) is 6.61 Å². The second kappa shape index (κ2) is 6.07. The van der Waals surface area contributed by atoms with Crippen LogP contribution < -0.4 is 0 Å². The number of hydrogen-bond acceptors (Lipinski definition) is 3. The Labute approximate surface area is 123 Å². The van der Waals surface area contributed by atoms with Gasteiger partial charge in [-0.2, -0.15) is 0 Å². The van der Waals surface area contributed by atoms with Gasteiger partial charge in [0, 0.05) is 6.20 Å². The Morgan fingerprint density at radius 2 is 2.00 bits per heavy atom. The summed E-state index contributed by atoms with van der Waals surface area (Å²) in [5.74, 6) is -2.10. The molecule has 20 heavy (non-hydrogen) atoms. The second-order valence-electron chi connectivity index (χ2n) is 3.83. The van der Waals surface area contributed by atoms with Gasteiger partial charge in [-0.3, -0.25) is 4.79 Å². The molecule has 0 fully saturated rings. The Morgan fingerprint density at radius 3 is 2.65 bits per heavy atom. The largest absolute Gasteiger partial charge is 0.454 e. The maximum atomic E-state index is 13.3. The molecule has 4 nitrogen and oxygen atoms in total. The van der Waals surface area contributed by atoms with Crippen LogP contribution in [0, 0.1) is 5.82 Å². The first-order valence-corrected chi connectivity index (χ1v) is 6.23. The van der Waals surface area contributed by atoms with Crippen LogP contribution in [-0.4, -0.2) is 23.3 Å². The van der Waals surface area contributed by atoms with Gasteiger partial charge >= 0.3 is 5.97 Å². The predicted molar refractivity (Wildman–Crippen MR) is 71.8 cm³/mol. The molecule has 2 rings (SSSR count). The number of rotatable bonds is 4. The molecule has 0 radical (unpaired) electrons. The lowest BCUT2D eigenvalue weighted by Gasteiger charge is -2.06. The molecule has 0 aliphatic carbocycles. The van der Waals surface area contributed by atoms with Crippen LogP contribution in [0.5, 0.6) is 0 Å². The van der Waals surface area contributed by atoms with Gasteiger partial charge in [-0.05, 0) is 24.3 Å². The molecule has 0 aliphatic heterocycles. The number of hydrogen-bond donors (Lipinski definition) is 1. The van der Waals surface area contributed by atoms with E-state index in [1.807, 2.05) is 0 Å². The van der Waals surface area contributed by atoms with Crippen LogP contribution in [0.3, 0.4) is 0 Å². The van der Waals surface area contributed by atoms with Crippen molar-refractivity contribution in [3.8, 4) is 0 Å². The molecule has 0 spiro atoms. The van der Waals surface area contributed by atoms with Crippen molar-refractivity contribution in [3.63, 3.8) is 0 Å². The molecule has 0 amide bonds. The fourth-order valence-electron chi connectivity index (χ4n) is 1.47. The van der Waals surface area contributed by atoms with Gasteiger partial charge in [0.05, 0.1) is 21.3 Å².